The van der Waals surface area contributed by atoms with Gasteiger partial charge in [0.15, 0.2) is 5.65 Å². The molecule has 13 heavy (non-hydrogen) atoms. The van der Waals surface area contributed by atoms with Crippen molar-refractivity contribution in [3.05, 3.63) is 28.0 Å². The van der Waals surface area contributed by atoms with Gasteiger partial charge in [0.1, 0.15) is 4.70 Å². The number of thiophene rings is 1. The number of aromatic amines is 1. The third-order valence-electron chi connectivity index (χ3n) is 1.86. The van der Waals surface area contributed by atoms with E-state index in [-0.39, 0.29) is 5.56 Å². The van der Waals surface area contributed by atoms with Crippen LogP contribution in [0.25, 0.3) is 15.9 Å². The van der Waals surface area contributed by atoms with E-state index in [1.54, 1.807) is 4.52 Å². The van der Waals surface area contributed by atoms with Gasteiger partial charge in [0.25, 0.3) is 5.56 Å². The van der Waals surface area contributed by atoms with Crippen LogP contribution in [0.3, 0.4) is 0 Å². The van der Waals surface area contributed by atoms with Gasteiger partial charge in [-0.25, -0.2) is 9.73 Å². The van der Waals surface area contributed by atoms with Crippen LogP contribution in [-0.4, -0.2) is 19.8 Å². The average Bonchev–Trinajstić information content (AvgIpc) is 2.66. The van der Waals surface area contributed by atoms with Gasteiger partial charge in [-0.05, 0) is 11.4 Å². The summed E-state index contributed by atoms with van der Waals surface area (Å²) in [5, 5.41) is 8.42. The number of fused-ring (bicyclic) bond motifs is 3. The normalized spacial score (nSPS) is 11.4. The number of H-pyrrole nitrogens is 1. The summed E-state index contributed by atoms with van der Waals surface area (Å²) < 4.78 is 2.34. The molecule has 0 fully saturated rings. The second-order valence-corrected chi connectivity index (χ2v) is 3.52. The molecule has 3 heterocycles. The van der Waals surface area contributed by atoms with Gasteiger partial charge < -0.3 is 0 Å². The summed E-state index contributed by atoms with van der Waals surface area (Å²) >= 11 is 1.39. The summed E-state index contributed by atoms with van der Waals surface area (Å²) in [5.41, 5.74) is 1.19. The predicted molar refractivity (Wildman–Crippen MR) is 49.0 cm³/mol. The molecule has 0 aliphatic carbocycles. The van der Waals surface area contributed by atoms with Crippen LogP contribution in [0, 0.1) is 0 Å². The van der Waals surface area contributed by atoms with Gasteiger partial charge in [0.2, 0.25) is 0 Å². The van der Waals surface area contributed by atoms with Crippen molar-refractivity contribution in [3.63, 3.8) is 0 Å². The molecular formula is C7H4N4OS. The first-order valence-electron chi connectivity index (χ1n) is 3.65. The van der Waals surface area contributed by atoms with Crippen molar-refractivity contribution in [2.75, 3.05) is 0 Å². The zero-order valence-corrected chi connectivity index (χ0v) is 7.21. The Morgan fingerprint density at radius 3 is 3.38 bits per heavy atom. The highest BCUT2D eigenvalue weighted by Crippen LogP contribution is 2.15. The second-order valence-electron chi connectivity index (χ2n) is 2.60. The Hall–Kier alpha value is -1.69. The number of nitrogens with zero attached hydrogens (tertiary/aromatic N) is 3. The van der Waals surface area contributed by atoms with Crippen LogP contribution in [-0.2, 0) is 0 Å². The van der Waals surface area contributed by atoms with Gasteiger partial charge in [-0.2, -0.15) is 10.1 Å². The zero-order valence-electron chi connectivity index (χ0n) is 6.39. The predicted octanol–water partition coefficient (Wildman–Crippen LogP) is 0.632. The summed E-state index contributed by atoms with van der Waals surface area (Å²) in [7, 11) is 0. The van der Waals surface area contributed by atoms with Gasteiger partial charge in [0, 0.05) is 0 Å². The van der Waals surface area contributed by atoms with Crippen molar-refractivity contribution in [2.24, 2.45) is 0 Å². The van der Waals surface area contributed by atoms with Gasteiger partial charge in [0.05, 0.1) is 11.7 Å². The molecule has 1 N–H and O–H groups in total. The molecule has 5 nitrogen and oxygen atoms in total. The molecule has 0 bridgehead atoms. The van der Waals surface area contributed by atoms with E-state index in [4.69, 9.17) is 0 Å². The molecule has 0 spiro atoms. The molecule has 0 aromatic carbocycles. The minimum Gasteiger partial charge on any atom is -0.266 e. The molecule has 3 rings (SSSR count). The van der Waals surface area contributed by atoms with Crippen LogP contribution in [0.15, 0.2) is 22.4 Å². The Morgan fingerprint density at radius 1 is 1.54 bits per heavy atom. The molecule has 3 aromatic heterocycles. The third kappa shape index (κ3) is 0.775. The monoisotopic (exact) mass is 192 g/mol. The van der Waals surface area contributed by atoms with Crippen molar-refractivity contribution in [3.8, 4) is 0 Å². The third-order valence-corrected chi connectivity index (χ3v) is 2.75. The molecular weight excluding hydrogens is 188 g/mol. The quantitative estimate of drug-likeness (QED) is 0.568. The van der Waals surface area contributed by atoms with Crippen molar-refractivity contribution in [2.45, 2.75) is 0 Å². The fourth-order valence-corrected chi connectivity index (χ4v) is 2.06. The molecule has 0 atom stereocenters. The summed E-state index contributed by atoms with van der Waals surface area (Å²) in [5.74, 6) is 0. The molecule has 0 radical (unpaired) electrons. The number of rotatable bonds is 0. The zero-order chi connectivity index (χ0) is 8.84. The van der Waals surface area contributed by atoms with Crippen LogP contribution in [0.1, 0.15) is 0 Å². The lowest BCUT2D eigenvalue weighted by atomic mass is 10.5. The first kappa shape index (κ1) is 6.79. The standard InChI is InChI=1S/C7H4N4OS/c12-7-6-4(1-2-13-6)11-5(9-7)3-8-10-11/h1-3,10H. The Balaban J connectivity index is 2.79. The van der Waals surface area contributed by atoms with Gasteiger partial charge in [-0.3, -0.25) is 4.79 Å². The smallest absolute Gasteiger partial charge is 0.266 e. The molecule has 0 aliphatic rings. The summed E-state index contributed by atoms with van der Waals surface area (Å²) in [6, 6.07) is 1.87. The van der Waals surface area contributed by atoms with Gasteiger partial charge in [-0.1, -0.05) is 0 Å². The average molecular weight is 192 g/mol. The van der Waals surface area contributed by atoms with Crippen LogP contribution in [0.5, 0.6) is 0 Å². The van der Waals surface area contributed by atoms with Crippen LogP contribution in [0.2, 0.25) is 0 Å². The van der Waals surface area contributed by atoms with Crippen LogP contribution >= 0.6 is 11.3 Å². The van der Waals surface area contributed by atoms with E-state index in [0.29, 0.717) is 10.3 Å². The van der Waals surface area contributed by atoms with E-state index < -0.39 is 0 Å². The molecule has 64 valence electrons. The first-order valence-corrected chi connectivity index (χ1v) is 4.53. The molecule has 0 amide bonds. The SMILES string of the molecule is O=c1nc2cn[nH]n2c2ccsc12. The molecule has 6 heteroatoms. The van der Waals surface area contributed by atoms with Crippen LogP contribution < -0.4 is 5.56 Å². The largest absolute Gasteiger partial charge is 0.291 e. The molecule has 0 unspecified atom stereocenters. The summed E-state index contributed by atoms with van der Waals surface area (Å²) in [6.45, 7) is 0. The maximum Gasteiger partial charge on any atom is 0.291 e. The molecule has 0 aliphatic heterocycles. The maximum absolute atomic E-state index is 11.4. The van der Waals surface area contributed by atoms with Gasteiger partial charge >= 0.3 is 0 Å². The van der Waals surface area contributed by atoms with Crippen molar-refractivity contribution in [1.82, 2.24) is 19.8 Å². The highest BCUT2D eigenvalue weighted by Gasteiger charge is 2.06. The Bertz CT molecular complexity index is 634. The lowest BCUT2D eigenvalue weighted by Crippen LogP contribution is -2.07. The first-order chi connectivity index (χ1) is 6.36. The minimum absolute atomic E-state index is 0.189. The van der Waals surface area contributed by atoms with Crippen molar-refractivity contribution in [1.29, 1.82) is 0 Å². The number of hydrogen-bond donors (Lipinski definition) is 1. The fraction of sp³-hybridized carbons (Fsp3) is 0. The van der Waals surface area contributed by atoms with E-state index in [2.05, 4.69) is 15.3 Å². The Kier molecular flexibility index (Phi) is 1.13. The number of nitrogens with one attached hydrogen (secondary N) is 1. The second kappa shape index (κ2) is 2.17. The van der Waals surface area contributed by atoms with Gasteiger partial charge in [-0.15, -0.1) is 11.3 Å². The maximum atomic E-state index is 11.4. The van der Waals surface area contributed by atoms with E-state index in [1.165, 1.54) is 17.5 Å². The fourth-order valence-electron chi connectivity index (χ4n) is 1.30. The Labute approximate surface area is 75.6 Å². The lowest BCUT2D eigenvalue weighted by Gasteiger charge is -1.92. The summed E-state index contributed by atoms with van der Waals surface area (Å²) in [4.78, 5) is 15.3. The van der Waals surface area contributed by atoms with Crippen LogP contribution in [0.4, 0.5) is 0 Å². The van der Waals surface area contributed by atoms with Crippen molar-refractivity contribution < 1.29 is 0 Å². The highest BCUT2D eigenvalue weighted by atomic mass is 32.1. The molecule has 0 saturated carbocycles. The summed E-state index contributed by atoms with van der Waals surface area (Å²) in [6.07, 6.45) is 1.53. The van der Waals surface area contributed by atoms with E-state index in [9.17, 15) is 4.79 Å². The number of aromatic nitrogens is 4. The van der Waals surface area contributed by atoms with E-state index >= 15 is 0 Å². The molecule has 0 saturated heterocycles. The molecule has 3 aromatic rings. The minimum atomic E-state index is -0.189. The number of hydrogen-bond acceptors (Lipinski definition) is 4. The Morgan fingerprint density at radius 2 is 2.46 bits per heavy atom. The highest BCUT2D eigenvalue weighted by molar-refractivity contribution is 7.17. The lowest BCUT2D eigenvalue weighted by molar-refractivity contribution is 0.874. The van der Waals surface area contributed by atoms with E-state index in [0.717, 1.165) is 5.52 Å². The van der Waals surface area contributed by atoms with E-state index in [1.807, 2.05) is 11.4 Å². The van der Waals surface area contributed by atoms with Crippen molar-refractivity contribution >= 4 is 27.2 Å². The topological polar surface area (TPSA) is 63.0 Å².